The fourth-order valence-corrected chi connectivity index (χ4v) is 3.62. The summed E-state index contributed by atoms with van der Waals surface area (Å²) in [5.41, 5.74) is 6.32. The summed E-state index contributed by atoms with van der Waals surface area (Å²) in [6.45, 7) is 0. The van der Waals surface area contributed by atoms with Gasteiger partial charge in [0.2, 0.25) is 0 Å². The van der Waals surface area contributed by atoms with Crippen molar-refractivity contribution in [3.05, 3.63) is 77.9 Å². The van der Waals surface area contributed by atoms with Gasteiger partial charge < -0.3 is 0 Å². The number of rotatable bonds is 1. The first kappa shape index (κ1) is 11.9. The molecule has 0 fully saturated rings. The molecule has 0 spiro atoms. The minimum Gasteiger partial charge on any atom is -0.248 e. The molecule has 1 aliphatic rings. The van der Waals surface area contributed by atoms with Crippen LogP contribution in [0.1, 0.15) is 11.1 Å². The molecule has 0 aliphatic heterocycles. The SMILES string of the molecule is c1ccc2cc(-c3cc4c5c(cccc5n3)CC4)ccc2c1. The zero-order valence-electron chi connectivity index (χ0n) is 12.2. The van der Waals surface area contributed by atoms with E-state index in [1.807, 2.05) is 0 Å². The lowest BCUT2D eigenvalue weighted by atomic mass is 10.0. The summed E-state index contributed by atoms with van der Waals surface area (Å²) < 4.78 is 0. The van der Waals surface area contributed by atoms with E-state index in [1.54, 1.807) is 0 Å². The summed E-state index contributed by atoms with van der Waals surface area (Å²) in [4.78, 5) is 4.91. The lowest BCUT2D eigenvalue weighted by molar-refractivity contribution is 1.02. The number of nitrogens with zero attached hydrogens (tertiary/aromatic N) is 1. The molecule has 5 rings (SSSR count). The van der Waals surface area contributed by atoms with Crippen LogP contribution in [0.4, 0.5) is 0 Å². The number of aromatic nitrogens is 1. The second kappa shape index (κ2) is 4.41. The van der Waals surface area contributed by atoms with Crippen LogP contribution in [0.25, 0.3) is 32.9 Å². The van der Waals surface area contributed by atoms with E-state index in [0.717, 1.165) is 24.1 Å². The van der Waals surface area contributed by atoms with Crippen molar-refractivity contribution in [2.24, 2.45) is 0 Å². The predicted octanol–water partition coefficient (Wildman–Crippen LogP) is 5.15. The molecule has 3 aromatic carbocycles. The van der Waals surface area contributed by atoms with Gasteiger partial charge in [-0.05, 0) is 52.9 Å². The van der Waals surface area contributed by atoms with Crippen molar-refractivity contribution in [2.45, 2.75) is 12.8 Å². The molecule has 1 heteroatoms. The molecule has 0 amide bonds. The summed E-state index contributed by atoms with van der Waals surface area (Å²) in [6, 6.07) is 23.9. The zero-order chi connectivity index (χ0) is 14.5. The summed E-state index contributed by atoms with van der Waals surface area (Å²) in [5.74, 6) is 0. The van der Waals surface area contributed by atoms with Gasteiger partial charge in [-0.3, -0.25) is 0 Å². The van der Waals surface area contributed by atoms with Crippen LogP contribution < -0.4 is 0 Å². The van der Waals surface area contributed by atoms with Crippen LogP contribution >= 0.6 is 0 Å². The van der Waals surface area contributed by atoms with E-state index in [0.29, 0.717) is 0 Å². The largest absolute Gasteiger partial charge is 0.248 e. The molecule has 1 heterocycles. The summed E-state index contributed by atoms with van der Waals surface area (Å²) >= 11 is 0. The number of aryl methyl sites for hydroxylation is 2. The number of pyridine rings is 1. The molecule has 0 radical (unpaired) electrons. The van der Waals surface area contributed by atoms with Crippen molar-refractivity contribution in [2.75, 3.05) is 0 Å². The van der Waals surface area contributed by atoms with Gasteiger partial charge in [0, 0.05) is 10.9 Å². The van der Waals surface area contributed by atoms with Crippen LogP contribution in [0.2, 0.25) is 0 Å². The number of benzene rings is 3. The Bertz CT molecular complexity index is 1030. The lowest BCUT2D eigenvalue weighted by Gasteiger charge is -2.07. The topological polar surface area (TPSA) is 12.9 Å². The highest BCUT2D eigenvalue weighted by Gasteiger charge is 2.16. The third-order valence-electron chi connectivity index (χ3n) is 4.71. The Labute approximate surface area is 129 Å². The molecule has 4 aromatic rings. The van der Waals surface area contributed by atoms with Crippen LogP contribution in [-0.2, 0) is 12.8 Å². The van der Waals surface area contributed by atoms with Crippen molar-refractivity contribution in [1.82, 2.24) is 4.98 Å². The second-order valence-corrected chi connectivity index (χ2v) is 6.04. The monoisotopic (exact) mass is 281 g/mol. The molecule has 0 saturated carbocycles. The van der Waals surface area contributed by atoms with E-state index in [1.165, 1.54) is 32.8 Å². The molecule has 0 bridgehead atoms. The van der Waals surface area contributed by atoms with Crippen LogP contribution in [0.15, 0.2) is 66.7 Å². The molecule has 0 atom stereocenters. The highest BCUT2D eigenvalue weighted by atomic mass is 14.7. The zero-order valence-corrected chi connectivity index (χ0v) is 12.2. The van der Waals surface area contributed by atoms with Crippen molar-refractivity contribution >= 4 is 21.7 Å². The first-order valence-electron chi connectivity index (χ1n) is 7.79. The Kier molecular flexibility index (Phi) is 2.39. The quantitative estimate of drug-likeness (QED) is 0.470. The average Bonchev–Trinajstić information content (AvgIpc) is 2.99. The minimum atomic E-state index is 1.09. The van der Waals surface area contributed by atoms with Gasteiger partial charge in [-0.15, -0.1) is 0 Å². The van der Waals surface area contributed by atoms with E-state index in [9.17, 15) is 0 Å². The summed E-state index contributed by atoms with van der Waals surface area (Å²) in [7, 11) is 0. The average molecular weight is 281 g/mol. The molecule has 22 heavy (non-hydrogen) atoms. The van der Waals surface area contributed by atoms with E-state index >= 15 is 0 Å². The van der Waals surface area contributed by atoms with Gasteiger partial charge in [0.25, 0.3) is 0 Å². The first-order valence-corrected chi connectivity index (χ1v) is 7.79. The van der Waals surface area contributed by atoms with Gasteiger partial charge in [-0.2, -0.15) is 0 Å². The molecular formula is C21H15N. The van der Waals surface area contributed by atoms with Gasteiger partial charge in [0.15, 0.2) is 0 Å². The van der Waals surface area contributed by atoms with Crippen LogP contribution in [0.5, 0.6) is 0 Å². The maximum Gasteiger partial charge on any atom is 0.0715 e. The Morgan fingerprint density at radius 2 is 1.55 bits per heavy atom. The first-order chi connectivity index (χ1) is 10.9. The predicted molar refractivity (Wildman–Crippen MR) is 92.1 cm³/mol. The van der Waals surface area contributed by atoms with Crippen molar-refractivity contribution in [3.8, 4) is 11.3 Å². The minimum absolute atomic E-state index is 1.09. The molecule has 104 valence electrons. The molecule has 1 aliphatic carbocycles. The Balaban J connectivity index is 1.76. The maximum atomic E-state index is 4.91. The van der Waals surface area contributed by atoms with Gasteiger partial charge in [-0.1, -0.05) is 48.5 Å². The van der Waals surface area contributed by atoms with Crippen molar-refractivity contribution < 1.29 is 0 Å². The maximum absolute atomic E-state index is 4.91. The standard InChI is InChI=1S/C21H15N/c1-2-5-16-12-17(10-8-14(16)4-1)20-13-18-11-9-15-6-3-7-19(22-20)21(15)18/h1-8,10,12-13H,9,11H2. The number of hydrogen-bond donors (Lipinski definition) is 0. The molecule has 0 unspecified atom stereocenters. The number of hydrogen-bond acceptors (Lipinski definition) is 1. The van der Waals surface area contributed by atoms with E-state index in [-0.39, 0.29) is 0 Å². The molecule has 1 aromatic heterocycles. The van der Waals surface area contributed by atoms with Gasteiger partial charge >= 0.3 is 0 Å². The second-order valence-electron chi connectivity index (χ2n) is 6.04. The molecule has 0 N–H and O–H groups in total. The highest BCUT2D eigenvalue weighted by Crippen LogP contribution is 2.33. The molecule has 0 saturated heterocycles. The summed E-state index contributed by atoms with van der Waals surface area (Å²) in [6.07, 6.45) is 2.29. The van der Waals surface area contributed by atoms with E-state index in [2.05, 4.69) is 66.7 Å². The van der Waals surface area contributed by atoms with Crippen molar-refractivity contribution in [3.63, 3.8) is 0 Å². The molecule has 1 nitrogen and oxygen atoms in total. The molecular weight excluding hydrogens is 266 g/mol. The van der Waals surface area contributed by atoms with E-state index < -0.39 is 0 Å². The third-order valence-corrected chi connectivity index (χ3v) is 4.71. The normalized spacial score (nSPS) is 13.1. The van der Waals surface area contributed by atoms with Crippen LogP contribution in [0.3, 0.4) is 0 Å². The fraction of sp³-hybridized carbons (Fsp3) is 0.0952. The Morgan fingerprint density at radius 1 is 0.682 bits per heavy atom. The van der Waals surface area contributed by atoms with Gasteiger partial charge in [0.05, 0.1) is 11.2 Å². The number of fused-ring (bicyclic) bond motifs is 1. The highest BCUT2D eigenvalue weighted by molar-refractivity contribution is 5.92. The Morgan fingerprint density at radius 3 is 2.50 bits per heavy atom. The van der Waals surface area contributed by atoms with E-state index in [4.69, 9.17) is 4.98 Å². The fourth-order valence-electron chi connectivity index (χ4n) is 3.62. The smallest absolute Gasteiger partial charge is 0.0715 e. The lowest BCUT2D eigenvalue weighted by Crippen LogP contribution is -1.89. The summed E-state index contributed by atoms with van der Waals surface area (Å²) in [5, 5.41) is 3.93. The van der Waals surface area contributed by atoms with Gasteiger partial charge in [-0.25, -0.2) is 4.98 Å². The van der Waals surface area contributed by atoms with Crippen LogP contribution in [0, 0.1) is 0 Å². The Hall–Kier alpha value is -2.67. The van der Waals surface area contributed by atoms with Gasteiger partial charge in [0.1, 0.15) is 0 Å². The van der Waals surface area contributed by atoms with Crippen LogP contribution in [-0.4, -0.2) is 4.98 Å². The van der Waals surface area contributed by atoms with Crippen molar-refractivity contribution in [1.29, 1.82) is 0 Å². The third kappa shape index (κ3) is 1.69.